The standard InChI is InChI=1S/C13H13N3O2/c1-2-10-4-3-5-11(8-10)15-13(18)16-7-6-14-12(17)9-16/h1,3-5,8H,6-7,9H2,(H,14,17)(H,15,18). The van der Waals surface area contributed by atoms with Gasteiger partial charge in [0.1, 0.15) is 6.54 Å². The molecule has 1 saturated heterocycles. The highest BCUT2D eigenvalue weighted by Crippen LogP contribution is 2.10. The van der Waals surface area contributed by atoms with Gasteiger partial charge in [0.15, 0.2) is 0 Å². The number of hydrogen-bond donors (Lipinski definition) is 2. The Balaban J connectivity index is 2.02. The molecule has 2 rings (SSSR count). The van der Waals surface area contributed by atoms with Crippen molar-refractivity contribution in [3.05, 3.63) is 29.8 Å². The fraction of sp³-hybridized carbons (Fsp3) is 0.231. The first-order valence-electron chi connectivity index (χ1n) is 5.58. The largest absolute Gasteiger partial charge is 0.353 e. The Labute approximate surface area is 105 Å². The molecule has 1 fully saturated rings. The molecule has 1 aromatic carbocycles. The van der Waals surface area contributed by atoms with Crippen LogP contribution in [0.1, 0.15) is 5.56 Å². The first-order valence-corrected chi connectivity index (χ1v) is 5.58. The molecule has 5 heteroatoms. The molecule has 0 radical (unpaired) electrons. The number of urea groups is 1. The highest BCUT2D eigenvalue weighted by Gasteiger charge is 2.20. The second kappa shape index (κ2) is 5.23. The molecule has 0 bridgehead atoms. The van der Waals surface area contributed by atoms with Crippen molar-refractivity contribution in [3.63, 3.8) is 0 Å². The molecule has 18 heavy (non-hydrogen) atoms. The van der Waals surface area contributed by atoms with Crippen molar-refractivity contribution in [3.8, 4) is 12.3 Å². The van der Waals surface area contributed by atoms with Crippen LogP contribution in [0.3, 0.4) is 0 Å². The lowest BCUT2D eigenvalue weighted by molar-refractivity contribution is -0.123. The van der Waals surface area contributed by atoms with Crippen LogP contribution < -0.4 is 10.6 Å². The van der Waals surface area contributed by atoms with Crippen molar-refractivity contribution in [2.75, 3.05) is 25.0 Å². The minimum Gasteiger partial charge on any atom is -0.353 e. The highest BCUT2D eigenvalue weighted by atomic mass is 16.2. The minimum atomic E-state index is -0.293. The average Bonchev–Trinajstić information content (AvgIpc) is 2.39. The number of nitrogens with one attached hydrogen (secondary N) is 2. The number of nitrogens with zero attached hydrogens (tertiary/aromatic N) is 1. The summed E-state index contributed by atoms with van der Waals surface area (Å²) in [5.41, 5.74) is 1.32. The third-order valence-corrected chi connectivity index (χ3v) is 2.61. The van der Waals surface area contributed by atoms with Gasteiger partial charge in [0.2, 0.25) is 5.91 Å². The van der Waals surface area contributed by atoms with Crippen molar-refractivity contribution >= 4 is 17.6 Å². The van der Waals surface area contributed by atoms with Gasteiger partial charge in [-0.3, -0.25) is 4.79 Å². The fourth-order valence-corrected chi connectivity index (χ4v) is 1.70. The summed E-state index contributed by atoms with van der Waals surface area (Å²) in [6.45, 7) is 1.07. The summed E-state index contributed by atoms with van der Waals surface area (Å²) in [6, 6.07) is 6.72. The van der Waals surface area contributed by atoms with Crippen LogP contribution in [0.4, 0.5) is 10.5 Å². The monoisotopic (exact) mass is 243 g/mol. The summed E-state index contributed by atoms with van der Waals surface area (Å²) >= 11 is 0. The van der Waals surface area contributed by atoms with Crippen LogP contribution in [-0.2, 0) is 4.79 Å². The summed E-state index contributed by atoms with van der Waals surface area (Å²) in [7, 11) is 0. The summed E-state index contributed by atoms with van der Waals surface area (Å²) in [5, 5.41) is 5.38. The smallest absolute Gasteiger partial charge is 0.322 e. The summed E-state index contributed by atoms with van der Waals surface area (Å²) in [5.74, 6) is 2.35. The third kappa shape index (κ3) is 2.80. The number of amides is 3. The fourth-order valence-electron chi connectivity index (χ4n) is 1.70. The predicted octanol–water partition coefficient (Wildman–Crippen LogP) is 0.632. The van der Waals surface area contributed by atoms with Gasteiger partial charge in [-0.05, 0) is 18.2 Å². The van der Waals surface area contributed by atoms with Crippen LogP contribution in [0.25, 0.3) is 0 Å². The molecule has 1 aliphatic rings. The molecule has 0 aromatic heterocycles. The number of benzene rings is 1. The highest BCUT2D eigenvalue weighted by molar-refractivity contribution is 5.93. The lowest BCUT2D eigenvalue weighted by atomic mass is 10.2. The number of terminal acetylenes is 1. The van der Waals surface area contributed by atoms with Crippen LogP contribution >= 0.6 is 0 Å². The van der Waals surface area contributed by atoms with Crippen molar-refractivity contribution in [1.82, 2.24) is 10.2 Å². The number of carbonyl (C=O) groups is 2. The van der Waals surface area contributed by atoms with Crippen molar-refractivity contribution in [2.45, 2.75) is 0 Å². The Morgan fingerprint density at radius 3 is 3.06 bits per heavy atom. The molecule has 1 aromatic rings. The lowest BCUT2D eigenvalue weighted by Gasteiger charge is -2.26. The van der Waals surface area contributed by atoms with E-state index in [-0.39, 0.29) is 18.5 Å². The van der Waals surface area contributed by atoms with Crippen LogP contribution in [0.5, 0.6) is 0 Å². The molecule has 92 valence electrons. The van der Waals surface area contributed by atoms with Gasteiger partial charge < -0.3 is 15.5 Å². The van der Waals surface area contributed by atoms with Gasteiger partial charge in [-0.1, -0.05) is 12.0 Å². The summed E-state index contributed by atoms with van der Waals surface area (Å²) < 4.78 is 0. The van der Waals surface area contributed by atoms with Crippen LogP contribution in [0, 0.1) is 12.3 Å². The summed E-state index contributed by atoms with van der Waals surface area (Å²) in [6.07, 6.45) is 5.28. The molecule has 0 aliphatic carbocycles. The Hall–Kier alpha value is -2.48. The maximum atomic E-state index is 11.9. The van der Waals surface area contributed by atoms with Gasteiger partial charge in [0.25, 0.3) is 0 Å². The topological polar surface area (TPSA) is 61.4 Å². The SMILES string of the molecule is C#Cc1cccc(NC(=O)N2CCNC(=O)C2)c1. The van der Waals surface area contributed by atoms with Crippen LogP contribution in [0.2, 0.25) is 0 Å². The van der Waals surface area contributed by atoms with E-state index in [0.717, 1.165) is 0 Å². The van der Waals surface area contributed by atoms with E-state index in [1.807, 2.05) is 0 Å². The number of hydrogen-bond acceptors (Lipinski definition) is 2. The van der Waals surface area contributed by atoms with Crippen molar-refractivity contribution < 1.29 is 9.59 Å². The van der Waals surface area contributed by atoms with Gasteiger partial charge in [0.05, 0.1) is 0 Å². The number of piperazine rings is 1. The van der Waals surface area contributed by atoms with E-state index in [0.29, 0.717) is 24.3 Å². The van der Waals surface area contributed by atoms with E-state index in [4.69, 9.17) is 6.42 Å². The Bertz CT molecular complexity index is 519. The van der Waals surface area contributed by atoms with Crippen molar-refractivity contribution in [2.24, 2.45) is 0 Å². The zero-order valence-electron chi connectivity index (χ0n) is 9.77. The molecule has 1 heterocycles. The number of rotatable bonds is 1. The van der Waals surface area contributed by atoms with Gasteiger partial charge in [-0.2, -0.15) is 0 Å². The van der Waals surface area contributed by atoms with Gasteiger partial charge >= 0.3 is 6.03 Å². The van der Waals surface area contributed by atoms with E-state index >= 15 is 0 Å². The molecule has 2 N–H and O–H groups in total. The molecule has 5 nitrogen and oxygen atoms in total. The molecular formula is C13H13N3O2. The first-order chi connectivity index (χ1) is 8.69. The lowest BCUT2D eigenvalue weighted by Crippen LogP contribution is -2.51. The Kier molecular flexibility index (Phi) is 3.49. The first kappa shape index (κ1) is 12.0. The molecular weight excluding hydrogens is 230 g/mol. The average molecular weight is 243 g/mol. The van der Waals surface area contributed by atoms with E-state index in [9.17, 15) is 9.59 Å². The molecule has 0 atom stereocenters. The second-order valence-electron chi connectivity index (χ2n) is 3.93. The molecule has 0 unspecified atom stereocenters. The van der Waals surface area contributed by atoms with E-state index in [2.05, 4.69) is 16.6 Å². The zero-order valence-corrected chi connectivity index (χ0v) is 9.77. The van der Waals surface area contributed by atoms with Crippen LogP contribution in [-0.4, -0.2) is 36.5 Å². The van der Waals surface area contributed by atoms with Gasteiger partial charge in [-0.25, -0.2) is 4.79 Å². The van der Waals surface area contributed by atoms with Gasteiger partial charge in [-0.15, -0.1) is 6.42 Å². The summed E-state index contributed by atoms with van der Waals surface area (Å²) in [4.78, 5) is 24.5. The molecule has 1 aliphatic heterocycles. The molecule has 0 saturated carbocycles. The van der Waals surface area contributed by atoms with E-state index < -0.39 is 0 Å². The molecule has 0 spiro atoms. The molecule has 3 amide bonds. The minimum absolute atomic E-state index is 0.0840. The van der Waals surface area contributed by atoms with Crippen molar-refractivity contribution in [1.29, 1.82) is 0 Å². The van der Waals surface area contributed by atoms with Gasteiger partial charge in [0, 0.05) is 24.3 Å². The maximum Gasteiger partial charge on any atom is 0.322 e. The zero-order chi connectivity index (χ0) is 13.0. The second-order valence-corrected chi connectivity index (χ2v) is 3.93. The maximum absolute atomic E-state index is 11.9. The Morgan fingerprint density at radius 2 is 2.33 bits per heavy atom. The normalized spacial score (nSPS) is 14.6. The quantitative estimate of drug-likeness (QED) is 0.711. The number of anilines is 1. The van der Waals surface area contributed by atoms with Crippen LogP contribution in [0.15, 0.2) is 24.3 Å². The third-order valence-electron chi connectivity index (χ3n) is 2.61. The van der Waals surface area contributed by atoms with E-state index in [1.54, 1.807) is 24.3 Å². The predicted molar refractivity (Wildman–Crippen MR) is 68.0 cm³/mol. The Morgan fingerprint density at radius 1 is 1.50 bits per heavy atom. The van der Waals surface area contributed by atoms with E-state index in [1.165, 1.54) is 4.90 Å². The number of carbonyl (C=O) groups excluding carboxylic acids is 2.